The maximum absolute atomic E-state index is 13.5. The second-order valence-electron chi connectivity index (χ2n) is 5.83. The normalized spacial score (nSPS) is 24.4. The van der Waals surface area contributed by atoms with Crippen molar-refractivity contribution in [3.05, 3.63) is 29.6 Å². The lowest BCUT2D eigenvalue weighted by Crippen LogP contribution is -2.39. The minimum Gasteiger partial charge on any atom is -0.496 e. The van der Waals surface area contributed by atoms with Crippen molar-refractivity contribution in [1.29, 1.82) is 0 Å². The van der Waals surface area contributed by atoms with Crippen LogP contribution in [0.15, 0.2) is 18.2 Å². The van der Waals surface area contributed by atoms with Gasteiger partial charge in [0.25, 0.3) is 0 Å². The maximum atomic E-state index is 13.5. The zero-order valence-corrected chi connectivity index (χ0v) is 12.8. The van der Waals surface area contributed by atoms with Gasteiger partial charge in [-0.15, -0.1) is 0 Å². The first-order valence-electron chi connectivity index (χ1n) is 7.75. The Bertz CT molecular complexity index is 435. The highest BCUT2D eigenvalue weighted by molar-refractivity contribution is 5.36. The minimum atomic E-state index is -0.204. The van der Waals surface area contributed by atoms with Crippen LogP contribution in [0.25, 0.3) is 0 Å². The zero-order valence-electron chi connectivity index (χ0n) is 12.8. The molecule has 1 aliphatic rings. The summed E-state index contributed by atoms with van der Waals surface area (Å²) in [5.74, 6) is 1.30. The third-order valence-electron chi connectivity index (χ3n) is 4.56. The van der Waals surface area contributed by atoms with Crippen LogP contribution >= 0.6 is 0 Å². The predicted octanol–water partition coefficient (Wildman–Crippen LogP) is 4.45. The van der Waals surface area contributed by atoms with Gasteiger partial charge in [0.05, 0.1) is 7.11 Å². The van der Waals surface area contributed by atoms with Crippen molar-refractivity contribution in [3.8, 4) is 5.75 Å². The molecule has 3 atom stereocenters. The van der Waals surface area contributed by atoms with Crippen LogP contribution in [0.5, 0.6) is 5.75 Å². The van der Waals surface area contributed by atoms with Crippen molar-refractivity contribution >= 4 is 0 Å². The SMILES string of the molecule is CCC1CCCCC1NC(C)c1cc(F)ccc1OC. The number of halogens is 1. The van der Waals surface area contributed by atoms with Crippen LogP contribution in [0, 0.1) is 11.7 Å². The molecule has 0 amide bonds. The van der Waals surface area contributed by atoms with E-state index in [1.807, 2.05) is 0 Å². The number of hydrogen-bond acceptors (Lipinski definition) is 2. The van der Waals surface area contributed by atoms with Crippen LogP contribution in [-0.2, 0) is 0 Å². The molecule has 0 spiro atoms. The fourth-order valence-electron chi connectivity index (χ4n) is 3.37. The van der Waals surface area contributed by atoms with Gasteiger partial charge in [-0.1, -0.05) is 26.2 Å². The summed E-state index contributed by atoms with van der Waals surface area (Å²) < 4.78 is 18.8. The van der Waals surface area contributed by atoms with E-state index in [1.165, 1.54) is 38.2 Å². The highest BCUT2D eigenvalue weighted by atomic mass is 19.1. The first-order chi connectivity index (χ1) is 9.65. The van der Waals surface area contributed by atoms with Crippen molar-refractivity contribution in [2.45, 2.75) is 58.0 Å². The Morgan fingerprint density at radius 1 is 1.35 bits per heavy atom. The maximum Gasteiger partial charge on any atom is 0.123 e. The average molecular weight is 279 g/mol. The molecule has 1 N–H and O–H groups in total. The van der Waals surface area contributed by atoms with Crippen molar-refractivity contribution in [2.24, 2.45) is 5.92 Å². The smallest absolute Gasteiger partial charge is 0.123 e. The Morgan fingerprint density at radius 3 is 2.80 bits per heavy atom. The second-order valence-corrected chi connectivity index (χ2v) is 5.83. The summed E-state index contributed by atoms with van der Waals surface area (Å²) in [4.78, 5) is 0. The first-order valence-corrected chi connectivity index (χ1v) is 7.75. The van der Waals surface area contributed by atoms with E-state index < -0.39 is 0 Å². The van der Waals surface area contributed by atoms with Gasteiger partial charge in [0, 0.05) is 17.6 Å². The average Bonchev–Trinajstić information content (AvgIpc) is 2.47. The van der Waals surface area contributed by atoms with Gasteiger partial charge in [0.2, 0.25) is 0 Å². The molecule has 0 heterocycles. The van der Waals surface area contributed by atoms with Gasteiger partial charge in [-0.05, 0) is 43.9 Å². The third-order valence-corrected chi connectivity index (χ3v) is 4.56. The van der Waals surface area contributed by atoms with E-state index in [4.69, 9.17) is 4.74 Å². The van der Waals surface area contributed by atoms with E-state index in [-0.39, 0.29) is 11.9 Å². The number of rotatable bonds is 5. The van der Waals surface area contributed by atoms with Crippen molar-refractivity contribution < 1.29 is 9.13 Å². The molecule has 0 bridgehead atoms. The molecule has 3 heteroatoms. The topological polar surface area (TPSA) is 21.3 Å². The summed E-state index contributed by atoms with van der Waals surface area (Å²) in [6, 6.07) is 5.39. The Morgan fingerprint density at radius 2 is 2.10 bits per heavy atom. The monoisotopic (exact) mass is 279 g/mol. The first kappa shape index (κ1) is 15.3. The van der Waals surface area contributed by atoms with E-state index in [9.17, 15) is 4.39 Å². The zero-order chi connectivity index (χ0) is 14.5. The summed E-state index contributed by atoms with van der Waals surface area (Å²) in [6.45, 7) is 4.36. The molecule has 112 valence electrons. The quantitative estimate of drug-likeness (QED) is 0.859. The minimum absolute atomic E-state index is 0.109. The fraction of sp³-hybridized carbons (Fsp3) is 0.647. The van der Waals surface area contributed by atoms with Crippen LogP contribution in [0.2, 0.25) is 0 Å². The summed E-state index contributed by atoms with van der Waals surface area (Å²) in [6.07, 6.45) is 6.38. The van der Waals surface area contributed by atoms with E-state index in [2.05, 4.69) is 19.2 Å². The lowest BCUT2D eigenvalue weighted by Gasteiger charge is -2.34. The van der Waals surface area contributed by atoms with Crippen LogP contribution in [-0.4, -0.2) is 13.2 Å². The van der Waals surface area contributed by atoms with Crippen molar-refractivity contribution in [1.82, 2.24) is 5.32 Å². The van der Waals surface area contributed by atoms with Crippen molar-refractivity contribution in [3.63, 3.8) is 0 Å². The predicted molar refractivity (Wildman–Crippen MR) is 80.5 cm³/mol. The molecule has 3 unspecified atom stereocenters. The molecule has 20 heavy (non-hydrogen) atoms. The molecular weight excluding hydrogens is 253 g/mol. The van der Waals surface area contributed by atoms with Crippen LogP contribution < -0.4 is 10.1 Å². The van der Waals surface area contributed by atoms with E-state index in [1.54, 1.807) is 19.2 Å². The number of methoxy groups -OCH3 is 1. The molecule has 2 rings (SSSR count). The molecule has 1 aromatic rings. The standard InChI is InChI=1S/C17H26FNO/c1-4-13-7-5-6-8-16(13)19-12(2)15-11-14(18)9-10-17(15)20-3/h9-13,16,19H,4-8H2,1-3H3. The van der Waals surface area contributed by atoms with Crippen molar-refractivity contribution in [2.75, 3.05) is 7.11 Å². The summed E-state index contributed by atoms with van der Waals surface area (Å²) >= 11 is 0. The summed E-state index contributed by atoms with van der Waals surface area (Å²) in [7, 11) is 1.64. The van der Waals surface area contributed by atoms with Crippen LogP contribution in [0.3, 0.4) is 0 Å². The fourth-order valence-corrected chi connectivity index (χ4v) is 3.37. The molecule has 0 aromatic heterocycles. The highest BCUT2D eigenvalue weighted by Gasteiger charge is 2.25. The Balaban J connectivity index is 2.10. The molecule has 1 aliphatic carbocycles. The number of nitrogens with one attached hydrogen (secondary N) is 1. The van der Waals surface area contributed by atoms with E-state index >= 15 is 0 Å². The molecule has 1 aromatic carbocycles. The molecule has 0 aliphatic heterocycles. The highest BCUT2D eigenvalue weighted by Crippen LogP contribution is 2.31. The molecule has 0 radical (unpaired) electrons. The Hall–Kier alpha value is -1.09. The molecule has 0 saturated heterocycles. The lowest BCUT2D eigenvalue weighted by atomic mass is 9.82. The largest absolute Gasteiger partial charge is 0.496 e. The van der Waals surface area contributed by atoms with Crippen LogP contribution in [0.1, 0.15) is 57.6 Å². The van der Waals surface area contributed by atoms with Gasteiger partial charge in [0.1, 0.15) is 11.6 Å². The van der Waals surface area contributed by atoms with Gasteiger partial charge in [-0.25, -0.2) is 4.39 Å². The lowest BCUT2D eigenvalue weighted by molar-refractivity contribution is 0.239. The Kier molecular flexibility index (Phi) is 5.41. The van der Waals surface area contributed by atoms with Gasteiger partial charge in [-0.3, -0.25) is 0 Å². The second kappa shape index (κ2) is 7.07. The summed E-state index contributed by atoms with van der Waals surface area (Å²) in [5.41, 5.74) is 0.910. The third kappa shape index (κ3) is 3.51. The molecule has 1 saturated carbocycles. The molecule has 2 nitrogen and oxygen atoms in total. The van der Waals surface area contributed by atoms with Gasteiger partial charge in [0.15, 0.2) is 0 Å². The summed E-state index contributed by atoms with van der Waals surface area (Å²) in [5, 5.41) is 3.69. The van der Waals surface area contributed by atoms with Gasteiger partial charge in [-0.2, -0.15) is 0 Å². The van der Waals surface area contributed by atoms with Gasteiger partial charge >= 0.3 is 0 Å². The number of ether oxygens (including phenoxy) is 1. The van der Waals surface area contributed by atoms with E-state index in [0.717, 1.165) is 17.2 Å². The number of benzene rings is 1. The van der Waals surface area contributed by atoms with Gasteiger partial charge < -0.3 is 10.1 Å². The van der Waals surface area contributed by atoms with E-state index in [0.29, 0.717) is 6.04 Å². The molecule has 1 fully saturated rings. The van der Waals surface area contributed by atoms with Crippen LogP contribution in [0.4, 0.5) is 4.39 Å². The Labute approximate surface area is 121 Å². The number of hydrogen-bond donors (Lipinski definition) is 1. The molecular formula is C17H26FNO.